The van der Waals surface area contributed by atoms with E-state index in [2.05, 4.69) is 50.4 Å². The van der Waals surface area contributed by atoms with Gasteiger partial charge in [0.15, 0.2) is 0 Å². The fourth-order valence-corrected chi connectivity index (χ4v) is 6.70. The maximum Gasteiger partial charge on any atom is 0.331 e. The summed E-state index contributed by atoms with van der Waals surface area (Å²) in [6, 6.07) is 9.94. The van der Waals surface area contributed by atoms with Gasteiger partial charge in [-0.2, -0.15) is 0 Å². The molecule has 0 radical (unpaired) electrons. The number of nitrogens with one attached hydrogen (secondary N) is 1. The van der Waals surface area contributed by atoms with E-state index in [0.29, 0.717) is 25.2 Å². The molecule has 0 aromatic heterocycles. The van der Waals surface area contributed by atoms with E-state index in [1.54, 1.807) is 6.08 Å². The molecule has 1 saturated carbocycles. The van der Waals surface area contributed by atoms with Gasteiger partial charge < -0.3 is 19.9 Å². The molecule has 0 unspecified atom stereocenters. The Morgan fingerprint density at radius 3 is 2.63 bits per heavy atom. The Hall–Kier alpha value is -2.44. The van der Waals surface area contributed by atoms with Crippen molar-refractivity contribution >= 4 is 11.9 Å². The van der Waals surface area contributed by atoms with Gasteiger partial charge in [0.25, 0.3) is 5.91 Å². The SMILES string of the molecule is C[C@H]1C/C=C/[C@H]2[C@@H]3O[C@]3(C)[C@@H](C)[C@H]3[C@H](Cc4ccccc4)NC(=O)[C@]32OC(=O)/C=C/C[C@H](O)CC1. The number of epoxide rings is 1. The van der Waals surface area contributed by atoms with Crippen LogP contribution in [0, 0.1) is 23.7 Å². The highest BCUT2D eigenvalue weighted by Gasteiger charge is 2.78. The maximum atomic E-state index is 13.8. The van der Waals surface area contributed by atoms with Crippen LogP contribution in [0.2, 0.25) is 0 Å². The minimum Gasteiger partial charge on any atom is -0.445 e. The smallest absolute Gasteiger partial charge is 0.331 e. The van der Waals surface area contributed by atoms with Gasteiger partial charge in [0.2, 0.25) is 5.60 Å². The van der Waals surface area contributed by atoms with Crippen LogP contribution >= 0.6 is 0 Å². The second-order valence-electron chi connectivity index (χ2n) is 11.2. The molecule has 2 N–H and O–H groups in total. The first-order valence-electron chi connectivity index (χ1n) is 13.0. The molecule has 188 valence electrons. The van der Waals surface area contributed by atoms with Crippen molar-refractivity contribution in [2.45, 2.75) is 82.3 Å². The van der Waals surface area contributed by atoms with Gasteiger partial charge in [0, 0.05) is 18.0 Å². The van der Waals surface area contributed by atoms with E-state index < -0.39 is 17.7 Å². The van der Waals surface area contributed by atoms with Crippen molar-refractivity contribution in [2.24, 2.45) is 23.7 Å². The molecular formula is C29H37NO5. The zero-order valence-corrected chi connectivity index (χ0v) is 20.9. The van der Waals surface area contributed by atoms with Crippen LogP contribution in [-0.4, -0.2) is 46.4 Å². The number of hydrogen-bond acceptors (Lipinski definition) is 5. The number of rotatable bonds is 2. The molecule has 9 atom stereocenters. The molecule has 35 heavy (non-hydrogen) atoms. The van der Waals surface area contributed by atoms with Gasteiger partial charge in [-0.05, 0) is 56.4 Å². The molecule has 6 nitrogen and oxygen atoms in total. The number of aliphatic hydroxyl groups excluding tert-OH is 1. The number of ether oxygens (including phenoxy) is 2. The van der Waals surface area contributed by atoms with E-state index in [1.807, 2.05) is 18.2 Å². The van der Waals surface area contributed by atoms with Gasteiger partial charge in [-0.15, -0.1) is 0 Å². The van der Waals surface area contributed by atoms with E-state index in [1.165, 1.54) is 6.08 Å². The average Bonchev–Trinajstić information content (AvgIpc) is 3.44. The molecule has 4 aliphatic rings. The normalized spacial score (nSPS) is 45.1. The van der Waals surface area contributed by atoms with Crippen LogP contribution in [0.5, 0.6) is 0 Å². The van der Waals surface area contributed by atoms with E-state index >= 15 is 0 Å². The topological polar surface area (TPSA) is 88.2 Å². The van der Waals surface area contributed by atoms with Crippen molar-refractivity contribution < 1.29 is 24.2 Å². The van der Waals surface area contributed by atoms with E-state index in [9.17, 15) is 14.7 Å². The lowest BCUT2D eigenvalue weighted by molar-refractivity contribution is -0.177. The standard InChI is InChI=1S/C29H37NO5/c1-18-9-7-13-22-26-28(3,35-26)19(2)25-23(17-20-10-5-4-6-11-20)30-27(33)29(22,25)34-24(32)14-8-12-21(31)16-15-18/h4-8,10-11,13-14,18-19,21-23,25-26,31H,9,12,15-17H2,1-3H3,(H,30,33)/b13-7+,14-8+/t18-,19-,21-,22-,23-,25-,26-,28+,29+/m0/s1. The number of amides is 1. The van der Waals surface area contributed by atoms with E-state index in [4.69, 9.17) is 9.47 Å². The van der Waals surface area contributed by atoms with Crippen molar-refractivity contribution in [1.82, 2.24) is 5.32 Å². The quantitative estimate of drug-likeness (QED) is 0.383. The summed E-state index contributed by atoms with van der Waals surface area (Å²) in [5.41, 5.74) is -0.551. The minimum absolute atomic E-state index is 0.0150. The lowest BCUT2D eigenvalue weighted by Crippen LogP contribution is -2.61. The summed E-state index contributed by atoms with van der Waals surface area (Å²) in [4.78, 5) is 26.9. The predicted octanol–water partition coefficient (Wildman–Crippen LogP) is 3.73. The number of esters is 1. The molecule has 6 heteroatoms. The van der Waals surface area contributed by atoms with E-state index in [-0.39, 0.29) is 41.4 Å². The summed E-state index contributed by atoms with van der Waals surface area (Å²) in [6.45, 7) is 6.42. The Kier molecular flexibility index (Phi) is 6.39. The minimum atomic E-state index is -1.33. The van der Waals surface area contributed by atoms with Gasteiger partial charge in [0.1, 0.15) is 0 Å². The largest absolute Gasteiger partial charge is 0.445 e. The zero-order chi connectivity index (χ0) is 24.8. The molecule has 1 aromatic rings. The monoisotopic (exact) mass is 479 g/mol. The van der Waals surface area contributed by atoms with Crippen molar-refractivity contribution in [3.63, 3.8) is 0 Å². The molecular weight excluding hydrogens is 442 g/mol. The highest BCUT2D eigenvalue weighted by atomic mass is 16.6. The van der Waals surface area contributed by atoms with Crippen LogP contribution in [0.25, 0.3) is 0 Å². The molecule has 3 fully saturated rings. The number of carbonyl (C=O) groups excluding carboxylic acids is 2. The van der Waals surface area contributed by atoms with Crippen LogP contribution in [0.1, 0.15) is 52.0 Å². The molecule has 1 aliphatic carbocycles. The second kappa shape index (κ2) is 9.21. The van der Waals surface area contributed by atoms with Gasteiger partial charge in [-0.25, -0.2) is 4.79 Å². The summed E-state index contributed by atoms with van der Waals surface area (Å²) in [5, 5.41) is 13.5. The second-order valence-corrected chi connectivity index (χ2v) is 11.2. The first-order valence-corrected chi connectivity index (χ1v) is 13.0. The van der Waals surface area contributed by atoms with Crippen LogP contribution in [-0.2, 0) is 25.5 Å². The van der Waals surface area contributed by atoms with Gasteiger partial charge >= 0.3 is 5.97 Å². The molecule has 3 heterocycles. The van der Waals surface area contributed by atoms with Gasteiger partial charge in [0.05, 0.1) is 23.7 Å². The fraction of sp³-hybridized carbons (Fsp3) is 0.586. The summed E-state index contributed by atoms with van der Waals surface area (Å²) in [7, 11) is 0. The van der Waals surface area contributed by atoms with Crippen molar-refractivity contribution in [3.8, 4) is 0 Å². The van der Waals surface area contributed by atoms with E-state index in [0.717, 1.165) is 18.4 Å². The number of hydrogen-bond donors (Lipinski definition) is 2. The molecule has 2 saturated heterocycles. The van der Waals surface area contributed by atoms with Crippen LogP contribution in [0.15, 0.2) is 54.6 Å². The Labute approximate surface area is 207 Å². The van der Waals surface area contributed by atoms with Crippen molar-refractivity contribution in [2.75, 3.05) is 0 Å². The van der Waals surface area contributed by atoms with Crippen molar-refractivity contribution in [3.05, 3.63) is 60.2 Å². The maximum absolute atomic E-state index is 13.8. The Morgan fingerprint density at radius 2 is 1.86 bits per heavy atom. The molecule has 5 rings (SSSR count). The number of fused-ring (bicyclic) bond motifs is 2. The van der Waals surface area contributed by atoms with Gasteiger partial charge in [-0.3, -0.25) is 4.79 Å². The average molecular weight is 480 g/mol. The number of aliphatic hydroxyl groups is 1. The van der Waals surface area contributed by atoms with Gasteiger partial charge in [-0.1, -0.05) is 62.4 Å². The zero-order valence-electron chi connectivity index (χ0n) is 20.9. The Morgan fingerprint density at radius 1 is 1.09 bits per heavy atom. The molecule has 1 amide bonds. The van der Waals surface area contributed by atoms with Crippen LogP contribution < -0.4 is 5.32 Å². The molecule has 1 spiro atoms. The summed E-state index contributed by atoms with van der Waals surface area (Å²) < 4.78 is 12.5. The lowest BCUT2D eigenvalue weighted by atomic mass is 9.59. The third-order valence-corrected chi connectivity index (χ3v) is 8.86. The molecule has 3 aliphatic heterocycles. The number of benzene rings is 1. The summed E-state index contributed by atoms with van der Waals surface area (Å²) in [5.74, 6) is -0.947. The molecule has 1 aromatic carbocycles. The first-order chi connectivity index (χ1) is 16.8. The highest BCUT2D eigenvalue weighted by Crippen LogP contribution is 2.63. The number of allylic oxidation sites excluding steroid dienone is 1. The third kappa shape index (κ3) is 4.25. The fourth-order valence-electron chi connectivity index (χ4n) is 6.70. The predicted molar refractivity (Wildman–Crippen MR) is 132 cm³/mol. The van der Waals surface area contributed by atoms with Crippen LogP contribution in [0.4, 0.5) is 0 Å². The Bertz CT molecular complexity index is 1020. The highest BCUT2D eigenvalue weighted by molar-refractivity contribution is 5.94. The Balaban J connectivity index is 1.55. The summed E-state index contributed by atoms with van der Waals surface area (Å²) >= 11 is 0. The van der Waals surface area contributed by atoms with Crippen LogP contribution in [0.3, 0.4) is 0 Å². The summed E-state index contributed by atoms with van der Waals surface area (Å²) in [6.07, 6.45) is 10.0. The van der Waals surface area contributed by atoms with Crippen molar-refractivity contribution in [1.29, 1.82) is 0 Å². The molecule has 0 bridgehead atoms. The number of carbonyl (C=O) groups is 2. The third-order valence-electron chi connectivity index (χ3n) is 8.86. The lowest BCUT2D eigenvalue weighted by Gasteiger charge is -2.45. The first kappa shape index (κ1) is 24.3.